The molecule has 3 N–H and O–H groups in total. The molecule has 1 aromatic rings. The van der Waals surface area contributed by atoms with Crippen LogP contribution in [0.2, 0.25) is 0 Å². The van der Waals surface area contributed by atoms with Crippen LogP contribution in [0.15, 0.2) is 18.2 Å². The molecule has 0 aromatic heterocycles. The molecule has 2 rings (SSSR count). The average Bonchev–Trinajstić information content (AvgIpc) is 3.11. The third kappa shape index (κ3) is 2.68. The maximum absolute atomic E-state index is 10.8. The first-order valence-corrected chi connectivity index (χ1v) is 5.45. The summed E-state index contributed by atoms with van der Waals surface area (Å²) in [6.45, 7) is 0. The minimum atomic E-state index is -1.06. The zero-order valence-electron chi connectivity index (χ0n) is 9.55. The van der Waals surface area contributed by atoms with Crippen molar-refractivity contribution >= 4 is 5.97 Å². The van der Waals surface area contributed by atoms with E-state index in [1.807, 2.05) is 0 Å². The molecule has 1 aliphatic rings. The number of carboxylic acids is 1. The van der Waals surface area contributed by atoms with Crippen molar-refractivity contribution < 1.29 is 19.4 Å². The maximum Gasteiger partial charge on any atom is 0.325 e. The van der Waals surface area contributed by atoms with Gasteiger partial charge in [-0.3, -0.25) is 4.79 Å². The molecule has 0 spiro atoms. The zero-order valence-corrected chi connectivity index (χ0v) is 9.55. The Labute approximate surface area is 99.1 Å². The maximum atomic E-state index is 10.8. The van der Waals surface area contributed by atoms with Crippen LogP contribution in [-0.4, -0.2) is 24.3 Å². The van der Waals surface area contributed by atoms with E-state index in [0.29, 0.717) is 17.1 Å². The molecule has 0 bridgehead atoms. The van der Waals surface area contributed by atoms with E-state index in [1.165, 1.54) is 0 Å². The Balaban J connectivity index is 2.26. The summed E-state index contributed by atoms with van der Waals surface area (Å²) in [6, 6.07) is 3.91. The van der Waals surface area contributed by atoms with Crippen molar-refractivity contribution in [2.75, 3.05) is 7.11 Å². The summed E-state index contributed by atoms with van der Waals surface area (Å²) >= 11 is 0. The molecule has 0 aliphatic heterocycles. The Morgan fingerprint density at radius 2 is 2.18 bits per heavy atom. The largest absolute Gasteiger partial charge is 0.493 e. The number of hydrogen-bond donors (Lipinski definition) is 2. The van der Waals surface area contributed by atoms with E-state index in [-0.39, 0.29) is 6.10 Å². The van der Waals surface area contributed by atoms with E-state index in [4.69, 9.17) is 20.3 Å². The van der Waals surface area contributed by atoms with Gasteiger partial charge in [-0.25, -0.2) is 0 Å². The minimum absolute atomic E-state index is 0.222. The van der Waals surface area contributed by atoms with Crippen molar-refractivity contribution in [1.29, 1.82) is 0 Å². The van der Waals surface area contributed by atoms with Crippen molar-refractivity contribution in [3.63, 3.8) is 0 Å². The summed E-state index contributed by atoms with van der Waals surface area (Å²) in [4.78, 5) is 10.8. The first-order chi connectivity index (χ1) is 8.11. The highest BCUT2D eigenvalue weighted by Crippen LogP contribution is 2.35. The second-order valence-electron chi connectivity index (χ2n) is 4.04. The van der Waals surface area contributed by atoms with Crippen molar-refractivity contribution in [2.45, 2.75) is 25.0 Å². The first kappa shape index (κ1) is 11.7. The highest BCUT2D eigenvalue weighted by molar-refractivity contribution is 5.75. The second kappa shape index (κ2) is 4.63. The number of nitrogens with two attached hydrogens (primary N) is 1. The Morgan fingerprint density at radius 3 is 2.71 bits per heavy atom. The smallest absolute Gasteiger partial charge is 0.325 e. The molecule has 1 saturated carbocycles. The standard InChI is InChI=1S/C12H15NO4/c1-16-9-5-2-7(11(13)12(14)15)6-10(9)17-8-3-4-8/h2,5-6,8,11H,3-4,13H2,1H3,(H,14,15). The van der Waals surface area contributed by atoms with E-state index < -0.39 is 12.0 Å². The molecular formula is C12H15NO4. The Hall–Kier alpha value is -1.75. The third-order valence-corrected chi connectivity index (χ3v) is 2.63. The summed E-state index contributed by atoms with van der Waals surface area (Å²) in [5, 5.41) is 8.85. The summed E-state index contributed by atoms with van der Waals surface area (Å²) in [7, 11) is 1.55. The molecule has 1 fully saturated rings. The average molecular weight is 237 g/mol. The number of carbonyl (C=O) groups is 1. The van der Waals surface area contributed by atoms with Crippen molar-refractivity contribution in [3.8, 4) is 11.5 Å². The van der Waals surface area contributed by atoms with Crippen LogP contribution < -0.4 is 15.2 Å². The molecule has 1 unspecified atom stereocenters. The van der Waals surface area contributed by atoms with Crippen molar-refractivity contribution in [2.24, 2.45) is 5.73 Å². The van der Waals surface area contributed by atoms with Gasteiger partial charge in [-0.1, -0.05) is 6.07 Å². The number of benzene rings is 1. The number of aliphatic carboxylic acids is 1. The van der Waals surface area contributed by atoms with Gasteiger partial charge in [-0.2, -0.15) is 0 Å². The molecule has 0 heterocycles. The lowest BCUT2D eigenvalue weighted by Gasteiger charge is -2.13. The van der Waals surface area contributed by atoms with Gasteiger partial charge in [0.2, 0.25) is 0 Å². The third-order valence-electron chi connectivity index (χ3n) is 2.63. The van der Waals surface area contributed by atoms with Gasteiger partial charge in [0.25, 0.3) is 0 Å². The molecule has 17 heavy (non-hydrogen) atoms. The van der Waals surface area contributed by atoms with E-state index in [1.54, 1.807) is 25.3 Å². The molecule has 5 heteroatoms. The van der Waals surface area contributed by atoms with Crippen LogP contribution >= 0.6 is 0 Å². The molecule has 1 atom stereocenters. The van der Waals surface area contributed by atoms with Gasteiger partial charge in [0.05, 0.1) is 13.2 Å². The molecule has 1 aromatic carbocycles. The number of rotatable bonds is 5. The Kier molecular flexibility index (Phi) is 3.19. The summed E-state index contributed by atoms with van der Waals surface area (Å²) in [5.74, 6) is 0.0926. The van der Waals surface area contributed by atoms with Gasteiger partial charge < -0.3 is 20.3 Å². The van der Waals surface area contributed by atoms with E-state index in [2.05, 4.69) is 0 Å². The fourth-order valence-corrected chi connectivity index (χ4v) is 1.49. The molecule has 0 radical (unpaired) electrons. The number of carboxylic acid groups (broad SMARTS) is 1. The number of hydrogen-bond acceptors (Lipinski definition) is 4. The van der Waals surface area contributed by atoms with E-state index in [9.17, 15) is 4.79 Å². The number of ether oxygens (including phenoxy) is 2. The predicted octanol–water partition coefficient (Wildman–Crippen LogP) is 1.32. The Bertz CT molecular complexity index is 429. The van der Waals surface area contributed by atoms with Crippen LogP contribution in [0.3, 0.4) is 0 Å². The van der Waals surface area contributed by atoms with Gasteiger partial charge in [-0.05, 0) is 30.5 Å². The van der Waals surface area contributed by atoms with Crippen LogP contribution in [0.4, 0.5) is 0 Å². The second-order valence-corrected chi connectivity index (χ2v) is 4.04. The summed E-state index contributed by atoms with van der Waals surface area (Å²) in [6.07, 6.45) is 2.27. The van der Waals surface area contributed by atoms with Gasteiger partial charge in [0.15, 0.2) is 11.5 Å². The van der Waals surface area contributed by atoms with E-state index >= 15 is 0 Å². The normalized spacial score (nSPS) is 16.4. The van der Waals surface area contributed by atoms with Crippen molar-refractivity contribution in [1.82, 2.24) is 0 Å². The van der Waals surface area contributed by atoms with Gasteiger partial charge in [-0.15, -0.1) is 0 Å². The topological polar surface area (TPSA) is 81.8 Å². The SMILES string of the molecule is COc1ccc(C(N)C(=O)O)cc1OC1CC1. The van der Waals surface area contributed by atoms with Crippen LogP contribution in [0, 0.1) is 0 Å². The number of methoxy groups -OCH3 is 1. The lowest BCUT2D eigenvalue weighted by molar-refractivity contribution is -0.138. The van der Waals surface area contributed by atoms with Crippen LogP contribution in [0.1, 0.15) is 24.4 Å². The molecule has 0 amide bonds. The van der Waals surface area contributed by atoms with E-state index in [0.717, 1.165) is 12.8 Å². The fourth-order valence-electron chi connectivity index (χ4n) is 1.49. The predicted molar refractivity (Wildman–Crippen MR) is 61.2 cm³/mol. The highest BCUT2D eigenvalue weighted by Gasteiger charge is 2.25. The summed E-state index contributed by atoms with van der Waals surface area (Å²) < 4.78 is 10.8. The van der Waals surface area contributed by atoms with Gasteiger partial charge >= 0.3 is 5.97 Å². The van der Waals surface area contributed by atoms with Crippen LogP contribution in [0.25, 0.3) is 0 Å². The highest BCUT2D eigenvalue weighted by atomic mass is 16.5. The Morgan fingerprint density at radius 1 is 1.47 bits per heavy atom. The molecule has 5 nitrogen and oxygen atoms in total. The van der Waals surface area contributed by atoms with Gasteiger partial charge in [0.1, 0.15) is 6.04 Å². The lowest BCUT2D eigenvalue weighted by Crippen LogP contribution is -2.20. The molecule has 1 aliphatic carbocycles. The summed E-state index contributed by atoms with van der Waals surface area (Å²) in [5.41, 5.74) is 6.06. The fraction of sp³-hybridized carbons (Fsp3) is 0.417. The zero-order chi connectivity index (χ0) is 12.4. The van der Waals surface area contributed by atoms with Gasteiger partial charge in [0, 0.05) is 0 Å². The first-order valence-electron chi connectivity index (χ1n) is 5.45. The van der Waals surface area contributed by atoms with Crippen molar-refractivity contribution in [3.05, 3.63) is 23.8 Å². The monoisotopic (exact) mass is 237 g/mol. The van der Waals surface area contributed by atoms with Crippen LogP contribution in [-0.2, 0) is 4.79 Å². The molecule has 92 valence electrons. The minimum Gasteiger partial charge on any atom is -0.493 e. The van der Waals surface area contributed by atoms with Crippen LogP contribution in [0.5, 0.6) is 11.5 Å². The lowest BCUT2D eigenvalue weighted by atomic mass is 10.1. The quantitative estimate of drug-likeness (QED) is 0.807. The molecule has 0 saturated heterocycles. The molecular weight excluding hydrogens is 222 g/mol.